The van der Waals surface area contributed by atoms with Crippen molar-refractivity contribution in [2.45, 2.75) is 31.5 Å². The first kappa shape index (κ1) is 19.0. The van der Waals surface area contributed by atoms with Gasteiger partial charge in [0.15, 0.2) is 0 Å². The minimum Gasteiger partial charge on any atom is -0.488 e. The lowest BCUT2D eigenvalue weighted by Gasteiger charge is -2.33. The van der Waals surface area contributed by atoms with Gasteiger partial charge in [0.2, 0.25) is 0 Å². The van der Waals surface area contributed by atoms with Gasteiger partial charge in [0.1, 0.15) is 35.0 Å². The molecule has 158 valence electrons. The van der Waals surface area contributed by atoms with Gasteiger partial charge in [-0.25, -0.2) is 4.68 Å². The van der Waals surface area contributed by atoms with Crippen LogP contribution in [0.5, 0.6) is 5.75 Å². The number of aromatic amines is 1. The van der Waals surface area contributed by atoms with Crippen LogP contribution < -0.4 is 15.2 Å². The summed E-state index contributed by atoms with van der Waals surface area (Å²) in [4.78, 5) is 13.9. The molecule has 1 saturated heterocycles. The molecule has 10 heteroatoms. The third-order valence-corrected chi connectivity index (χ3v) is 5.53. The van der Waals surface area contributed by atoms with E-state index in [1.807, 2.05) is 18.2 Å². The number of benzene rings is 1. The maximum atomic E-state index is 13.7. The monoisotopic (exact) mass is 417 g/mol. The third kappa shape index (κ3) is 3.41. The molecule has 0 radical (unpaired) electrons. The van der Waals surface area contributed by atoms with Crippen molar-refractivity contribution in [2.75, 3.05) is 24.6 Å². The number of nitrogens with one attached hydrogen (secondary N) is 1. The highest BCUT2D eigenvalue weighted by Crippen LogP contribution is 2.40. The van der Waals surface area contributed by atoms with Gasteiger partial charge in [-0.1, -0.05) is 0 Å². The molecule has 5 rings (SSSR count). The SMILES string of the molecule is Cn1nc(-c2n[nH]c3ccc(OC4(C)CC4)cc23)cc(N2CCOC(F)(F)C2)c1=O. The van der Waals surface area contributed by atoms with Gasteiger partial charge in [-0.2, -0.15) is 19.0 Å². The Morgan fingerprint density at radius 2 is 2.07 bits per heavy atom. The van der Waals surface area contributed by atoms with E-state index in [2.05, 4.69) is 27.0 Å². The highest BCUT2D eigenvalue weighted by molar-refractivity contribution is 5.93. The molecule has 2 fully saturated rings. The zero-order valence-electron chi connectivity index (χ0n) is 16.6. The number of rotatable bonds is 4. The molecular weight excluding hydrogens is 396 g/mol. The summed E-state index contributed by atoms with van der Waals surface area (Å²) in [5.41, 5.74) is 1.27. The van der Waals surface area contributed by atoms with Crippen LogP contribution in [0.4, 0.5) is 14.5 Å². The number of aromatic nitrogens is 4. The van der Waals surface area contributed by atoms with Crippen LogP contribution in [-0.4, -0.2) is 51.4 Å². The van der Waals surface area contributed by atoms with Crippen molar-refractivity contribution in [3.05, 3.63) is 34.6 Å². The van der Waals surface area contributed by atoms with Crippen molar-refractivity contribution in [2.24, 2.45) is 7.05 Å². The van der Waals surface area contributed by atoms with Crippen LogP contribution in [0, 0.1) is 0 Å². The van der Waals surface area contributed by atoms with Gasteiger partial charge in [0.05, 0.1) is 12.1 Å². The number of halogens is 2. The number of H-pyrrole nitrogens is 1. The summed E-state index contributed by atoms with van der Waals surface area (Å²) in [6.07, 6.45) is -1.28. The van der Waals surface area contributed by atoms with E-state index in [1.165, 1.54) is 18.0 Å². The molecule has 2 aliphatic rings. The first-order chi connectivity index (χ1) is 14.2. The molecule has 0 bridgehead atoms. The van der Waals surface area contributed by atoms with E-state index in [4.69, 9.17) is 4.74 Å². The molecule has 1 aliphatic heterocycles. The Balaban J connectivity index is 1.57. The molecule has 3 aromatic rings. The van der Waals surface area contributed by atoms with Gasteiger partial charge in [-0.15, -0.1) is 0 Å². The maximum absolute atomic E-state index is 13.7. The number of aryl methyl sites for hydroxylation is 1. The van der Waals surface area contributed by atoms with Gasteiger partial charge in [0.25, 0.3) is 5.56 Å². The van der Waals surface area contributed by atoms with Crippen LogP contribution in [0.3, 0.4) is 0 Å². The van der Waals surface area contributed by atoms with Crippen LogP contribution in [0.2, 0.25) is 0 Å². The third-order valence-electron chi connectivity index (χ3n) is 5.53. The zero-order valence-corrected chi connectivity index (χ0v) is 16.6. The minimum absolute atomic E-state index is 0.124. The van der Waals surface area contributed by atoms with Gasteiger partial charge in [-0.05, 0) is 44.0 Å². The fourth-order valence-electron chi connectivity index (χ4n) is 3.61. The number of anilines is 1. The summed E-state index contributed by atoms with van der Waals surface area (Å²) in [6, 6.07) is 7.14. The summed E-state index contributed by atoms with van der Waals surface area (Å²) in [7, 11) is 1.49. The maximum Gasteiger partial charge on any atom is 0.373 e. The Kier molecular flexibility index (Phi) is 4.11. The number of fused-ring (bicyclic) bond motifs is 1. The summed E-state index contributed by atoms with van der Waals surface area (Å²) in [5, 5.41) is 12.4. The van der Waals surface area contributed by atoms with Gasteiger partial charge in [0, 0.05) is 19.0 Å². The molecule has 3 heterocycles. The second-order valence-electron chi connectivity index (χ2n) is 8.08. The second-order valence-corrected chi connectivity index (χ2v) is 8.08. The number of alkyl halides is 2. The summed E-state index contributed by atoms with van der Waals surface area (Å²) >= 11 is 0. The molecule has 1 aromatic carbocycles. The number of morpholine rings is 1. The Morgan fingerprint density at radius 1 is 1.27 bits per heavy atom. The van der Waals surface area contributed by atoms with Gasteiger partial charge < -0.3 is 14.4 Å². The van der Waals surface area contributed by atoms with E-state index in [0.29, 0.717) is 11.4 Å². The highest BCUT2D eigenvalue weighted by Gasteiger charge is 2.40. The lowest BCUT2D eigenvalue weighted by Crippen LogP contribution is -2.48. The van der Waals surface area contributed by atoms with E-state index in [1.54, 1.807) is 0 Å². The first-order valence-corrected chi connectivity index (χ1v) is 9.76. The lowest BCUT2D eigenvalue weighted by atomic mass is 10.1. The Morgan fingerprint density at radius 3 is 2.80 bits per heavy atom. The number of nitrogens with zero attached hydrogens (tertiary/aromatic N) is 4. The van der Waals surface area contributed by atoms with Crippen molar-refractivity contribution in [3.63, 3.8) is 0 Å². The van der Waals surface area contributed by atoms with E-state index in [-0.39, 0.29) is 24.4 Å². The molecule has 2 aromatic heterocycles. The minimum atomic E-state index is -3.31. The molecule has 0 amide bonds. The normalized spacial score (nSPS) is 19.8. The van der Waals surface area contributed by atoms with Crippen LogP contribution >= 0.6 is 0 Å². The van der Waals surface area contributed by atoms with Crippen LogP contribution in [0.1, 0.15) is 19.8 Å². The topological polar surface area (TPSA) is 85.3 Å². The zero-order chi connectivity index (χ0) is 21.1. The Hall–Kier alpha value is -3.01. The molecule has 1 N–H and O–H groups in total. The molecule has 1 saturated carbocycles. The molecular formula is C20H21F2N5O3. The average Bonchev–Trinajstić information content (AvgIpc) is 3.26. The predicted octanol–water partition coefficient (Wildman–Crippen LogP) is 2.68. The van der Waals surface area contributed by atoms with E-state index < -0.39 is 18.2 Å². The van der Waals surface area contributed by atoms with Crippen molar-refractivity contribution < 1.29 is 18.3 Å². The standard InChI is InChI=1S/C20H21F2N5O3/c1-19(5-6-19)30-12-3-4-14-13(9-12)17(24-23-14)15-10-16(18(28)26(2)25-15)27-7-8-29-20(21,22)11-27/h3-4,9-10H,5-8,11H2,1-2H3,(H,23,24). The quantitative estimate of drug-likeness (QED) is 0.703. The van der Waals surface area contributed by atoms with E-state index >= 15 is 0 Å². The van der Waals surface area contributed by atoms with Crippen molar-refractivity contribution in [1.29, 1.82) is 0 Å². The van der Waals surface area contributed by atoms with Crippen LogP contribution in [0.25, 0.3) is 22.3 Å². The Labute approximate surface area is 170 Å². The van der Waals surface area contributed by atoms with Gasteiger partial charge >= 0.3 is 6.11 Å². The largest absolute Gasteiger partial charge is 0.488 e. The fraction of sp³-hybridized carbons (Fsp3) is 0.450. The first-order valence-electron chi connectivity index (χ1n) is 9.76. The predicted molar refractivity (Wildman–Crippen MR) is 106 cm³/mol. The molecule has 0 atom stereocenters. The average molecular weight is 417 g/mol. The number of hydrogen-bond donors (Lipinski definition) is 1. The van der Waals surface area contributed by atoms with Crippen LogP contribution in [-0.2, 0) is 11.8 Å². The molecule has 0 unspecified atom stereocenters. The molecule has 0 spiro atoms. The van der Waals surface area contributed by atoms with Crippen molar-refractivity contribution >= 4 is 16.6 Å². The molecule has 8 nitrogen and oxygen atoms in total. The van der Waals surface area contributed by atoms with E-state index in [9.17, 15) is 13.6 Å². The molecule has 30 heavy (non-hydrogen) atoms. The summed E-state index contributed by atoms with van der Waals surface area (Å²) in [6.45, 7) is 1.39. The summed E-state index contributed by atoms with van der Waals surface area (Å²) in [5.74, 6) is 0.725. The van der Waals surface area contributed by atoms with Crippen molar-refractivity contribution in [3.8, 4) is 17.1 Å². The second kappa shape index (κ2) is 6.49. The van der Waals surface area contributed by atoms with Crippen molar-refractivity contribution in [1.82, 2.24) is 20.0 Å². The number of hydrogen-bond acceptors (Lipinski definition) is 6. The Bertz CT molecular complexity index is 1180. The van der Waals surface area contributed by atoms with Crippen LogP contribution in [0.15, 0.2) is 29.1 Å². The molecule has 1 aliphatic carbocycles. The lowest BCUT2D eigenvalue weighted by molar-refractivity contribution is -0.240. The van der Waals surface area contributed by atoms with Gasteiger partial charge in [-0.3, -0.25) is 9.89 Å². The number of ether oxygens (including phenoxy) is 2. The highest BCUT2D eigenvalue weighted by atomic mass is 19.3. The summed E-state index contributed by atoms with van der Waals surface area (Å²) < 4.78 is 39.1. The smallest absolute Gasteiger partial charge is 0.373 e. The van der Waals surface area contributed by atoms with E-state index in [0.717, 1.165) is 34.2 Å². The fourth-order valence-corrected chi connectivity index (χ4v) is 3.61.